The second-order valence-corrected chi connectivity index (χ2v) is 8.03. The van der Waals surface area contributed by atoms with Crippen LogP contribution in [0.5, 0.6) is 0 Å². The minimum Gasteiger partial charge on any atom is -0.358 e. The summed E-state index contributed by atoms with van der Waals surface area (Å²) in [7, 11) is 0. The summed E-state index contributed by atoms with van der Waals surface area (Å²) in [6.45, 7) is 1.83. The average molecular weight is 383 g/mol. The van der Waals surface area contributed by atoms with Gasteiger partial charge in [0.1, 0.15) is 6.04 Å². The molecule has 6 nitrogen and oxygen atoms in total. The van der Waals surface area contributed by atoms with E-state index in [0.29, 0.717) is 19.5 Å². The van der Waals surface area contributed by atoms with Crippen LogP contribution in [0.25, 0.3) is 10.9 Å². The summed E-state index contributed by atoms with van der Waals surface area (Å²) in [6.07, 6.45) is 6.00. The molecule has 3 heterocycles. The fourth-order valence-corrected chi connectivity index (χ4v) is 4.80. The number of nitrogens with two attached hydrogens (primary N) is 1. The van der Waals surface area contributed by atoms with E-state index in [-0.39, 0.29) is 23.9 Å². The summed E-state index contributed by atoms with van der Waals surface area (Å²) >= 11 is 0. The second kappa shape index (κ2) is 8.35. The molecule has 0 aliphatic carbocycles. The summed E-state index contributed by atoms with van der Waals surface area (Å²) in [5, 5.41) is 1.23. The summed E-state index contributed by atoms with van der Waals surface area (Å²) in [4.78, 5) is 32.8. The van der Waals surface area contributed by atoms with Crippen molar-refractivity contribution in [2.45, 2.75) is 57.0 Å². The number of aromatic amines is 1. The first-order valence-electron chi connectivity index (χ1n) is 10.5. The Balaban J connectivity index is 1.39. The summed E-state index contributed by atoms with van der Waals surface area (Å²) < 4.78 is 0. The number of hydrogen-bond acceptors (Lipinski definition) is 3. The number of fused-ring (bicyclic) bond motifs is 1. The lowest BCUT2D eigenvalue weighted by Crippen LogP contribution is -2.49. The minimum absolute atomic E-state index is 0.0205. The molecule has 4 rings (SSSR count). The Bertz CT molecular complexity index is 813. The Labute approximate surface area is 166 Å². The van der Waals surface area contributed by atoms with Gasteiger partial charge in [-0.2, -0.15) is 0 Å². The molecule has 1 aromatic carbocycles. The van der Waals surface area contributed by atoms with Crippen LogP contribution < -0.4 is 5.73 Å². The topological polar surface area (TPSA) is 82.4 Å². The van der Waals surface area contributed by atoms with Crippen molar-refractivity contribution < 1.29 is 9.59 Å². The SMILES string of the molecule is NCCC(=O)N1CCC[C@@H]1C(=O)N1CCC[C@H]1CCc1cc2ccccc2[nH]1. The lowest BCUT2D eigenvalue weighted by atomic mass is 10.1. The lowest BCUT2D eigenvalue weighted by molar-refractivity contribution is -0.144. The van der Waals surface area contributed by atoms with E-state index in [1.54, 1.807) is 4.90 Å². The van der Waals surface area contributed by atoms with Crippen LogP contribution in [0.4, 0.5) is 0 Å². The van der Waals surface area contributed by atoms with Crippen molar-refractivity contribution >= 4 is 22.7 Å². The molecule has 2 aliphatic heterocycles. The van der Waals surface area contributed by atoms with E-state index >= 15 is 0 Å². The zero-order valence-corrected chi connectivity index (χ0v) is 16.4. The molecule has 2 fully saturated rings. The van der Waals surface area contributed by atoms with Gasteiger partial charge in [-0.05, 0) is 56.0 Å². The van der Waals surface area contributed by atoms with Gasteiger partial charge in [0, 0.05) is 43.3 Å². The number of nitrogens with one attached hydrogen (secondary N) is 1. The van der Waals surface area contributed by atoms with Crippen molar-refractivity contribution in [3.05, 3.63) is 36.0 Å². The number of nitrogens with zero attached hydrogens (tertiary/aromatic N) is 2. The highest BCUT2D eigenvalue weighted by Crippen LogP contribution is 2.27. The van der Waals surface area contributed by atoms with Gasteiger partial charge in [-0.25, -0.2) is 0 Å². The number of H-pyrrole nitrogens is 1. The quantitative estimate of drug-likeness (QED) is 0.805. The van der Waals surface area contributed by atoms with Crippen LogP contribution in [0.1, 0.15) is 44.2 Å². The Morgan fingerprint density at radius 2 is 1.89 bits per heavy atom. The van der Waals surface area contributed by atoms with Gasteiger partial charge >= 0.3 is 0 Å². The molecule has 1 aromatic heterocycles. The average Bonchev–Trinajstić information content (AvgIpc) is 3.44. The number of rotatable bonds is 6. The molecule has 28 heavy (non-hydrogen) atoms. The Morgan fingerprint density at radius 3 is 2.71 bits per heavy atom. The maximum Gasteiger partial charge on any atom is 0.245 e. The van der Waals surface area contributed by atoms with Crippen molar-refractivity contribution in [3.8, 4) is 0 Å². The molecule has 2 aliphatic rings. The third-order valence-corrected chi connectivity index (χ3v) is 6.21. The first-order valence-corrected chi connectivity index (χ1v) is 10.5. The highest BCUT2D eigenvalue weighted by molar-refractivity contribution is 5.88. The van der Waals surface area contributed by atoms with Gasteiger partial charge in [-0.1, -0.05) is 18.2 Å². The number of aryl methyl sites for hydroxylation is 1. The van der Waals surface area contributed by atoms with Crippen LogP contribution in [0, 0.1) is 0 Å². The van der Waals surface area contributed by atoms with Gasteiger partial charge in [-0.15, -0.1) is 0 Å². The summed E-state index contributed by atoms with van der Waals surface area (Å²) in [5.74, 6) is 0.161. The van der Waals surface area contributed by atoms with Crippen LogP contribution in [0.3, 0.4) is 0 Å². The fraction of sp³-hybridized carbons (Fsp3) is 0.545. The van der Waals surface area contributed by atoms with E-state index in [4.69, 9.17) is 5.73 Å². The summed E-state index contributed by atoms with van der Waals surface area (Å²) in [5.41, 5.74) is 7.93. The van der Waals surface area contributed by atoms with Gasteiger partial charge in [0.25, 0.3) is 0 Å². The minimum atomic E-state index is -0.285. The van der Waals surface area contributed by atoms with Crippen LogP contribution in [-0.4, -0.2) is 58.3 Å². The third-order valence-electron chi connectivity index (χ3n) is 6.21. The second-order valence-electron chi connectivity index (χ2n) is 8.03. The molecule has 0 radical (unpaired) electrons. The van der Waals surface area contributed by atoms with Crippen LogP contribution >= 0.6 is 0 Å². The van der Waals surface area contributed by atoms with E-state index < -0.39 is 0 Å². The van der Waals surface area contributed by atoms with Crippen molar-refractivity contribution in [1.82, 2.24) is 14.8 Å². The number of likely N-dealkylation sites (tertiary alicyclic amines) is 2. The van der Waals surface area contributed by atoms with Gasteiger partial charge in [-0.3, -0.25) is 9.59 Å². The smallest absolute Gasteiger partial charge is 0.245 e. The molecule has 0 unspecified atom stereocenters. The van der Waals surface area contributed by atoms with E-state index in [9.17, 15) is 9.59 Å². The van der Waals surface area contributed by atoms with Gasteiger partial charge in [0.2, 0.25) is 11.8 Å². The number of benzene rings is 1. The number of carbonyl (C=O) groups excluding carboxylic acids is 2. The van der Waals surface area contributed by atoms with Crippen molar-refractivity contribution in [2.75, 3.05) is 19.6 Å². The molecule has 3 N–H and O–H groups in total. The predicted octanol–water partition coefficient (Wildman–Crippen LogP) is 2.43. The number of carbonyl (C=O) groups is 2. The van der Waals surface area contributed by atoms with E-state index in [0.717, 1.165) is 50.6 Å². The molecule has 6 heteroatoms. The molecule has 150 valence electrons. The van der Waals surface area contributed by atoms with E-state index in [1.807, 2.05) is 11.0 Å². The van der Waals surface area contributed by atoms with E-state index in [2.05, 4.69) is 29.2 Å². The Morgan fingerprint density at radius 1 is 1.11 bits per heavy atom. The number of amides is 2. The summed E-state index contributed by atoms with van der Waals surface area (Å²) in [6, 6.07) is 10.5. The van der Waals surface area contributed by atoms with Gasteiger partial charge in [0.05, 0.1) is 0 Å². The van der Waals surface area contributed by atoms with Crippen molar-refractivity contribution in [1.29, 1.82) is 0 Å². The zero-order chi connectivity index (χ0) is 19.5. The van der Waals surface area contributed by atoms with Crippen molar-refractivity contribution in [2.24, 2.45) is 5.73 Å². The zero-order valence-electron chi connectivity index (χ0n) is 16.4. The van der Waals surface area contributed by atoms with Crippen LogP contribution in [-0.2, 0) is 16.0 Å². The molecule has 2 amide bonds. The third kappa shape index (κ3) is 3.78. The molecule has 0 bridgehead atoms. The standard InChI is InChI=1S/C22H30N4O2/c23-12-11-21(27)26-14-4-8-20(26)22(28)25-13-3-6-18(25)10-9-17-15-16-5-1-2-7-19(16)24-17/h1-2,5,7,15,18,20,24H,3-4,6,8-14,23H2/t18-,20+/m0/s1. The van der Waals surface area contributed by atoms with Gasteiger partial charge in [0.15, 0.2) is 0 Å². The van der Waals surface area contributed by atoms with Gasteiger partial charge < -0.3 is 20.5 Å². The predicted molar refractivity (Wildman–Crippen MR) is 110 cm³/mol. The highest BCUT2D eigenvalue weighted by Gasteiger charge is 2.39. The fourth-order valence-electron chi connectivity index (χ4n) is 4.80. The monoisotopic (exact) mass is 382 g/mol. The largest absolute Gasteiger partial charge is 0.358 e. The molecule has 0 spiro atoms. The number of aromatic nitrogens is 1. The maximum atomic E-state index is 13.2. The lowest BCUT2D eigenvalue weighted by Gasteiger charge is -2.31. The van der Waals surface area contributed by atoms with E-state index in [1.165, 1.54) is 11.1 Å². The molecule has 2 aromatic rings. The Kier molecular flexibility index (Phi) is 5.67. The first kappa shape index (κ1) is 19.0. The molecule has 2 atom stereocenters. The highest BCUT2D eigenvalue weighted by atomic mass is 16.2. The van der Waals surface area contributed by atoms with Crippen LogP contribution in [0.2, 0.25) is 0 Å². The molecule has 2 saturated heterocycles. The number of hydrogen-bond donors (Lipinski definition) is 2. The Hall–Kier alpha value is -2.34. The molecule has 0 saturated carbocycles. The van der Waals surface area contributed by atoms with Crippen LogP contribution in [0.15, 0.2) is 30.3 Å². The molecular formula is C22H30N4O2. The normalized spacial score (nSPS) is 22.3. The first-order chi connectivity index (χ1) is 13.7. The maximum absolute atomic E-state index is 13.2. The molecular weight excluding hydrogens is 352 g/mol. The van der Waals surface area contributed by atoms with Crippen molar-refractivity contribution in [3.63, 3.8) is 0 Å². The number of para-hydroxylation sites is 1.